The van der Waals surface area contributed by atoms with Crippen LogP contribution in [0.4, 0.5) is 0 Å². The average molecular weight is 145 g/mol. The summed E-state index contributed by atoms with van der Waals surface area (Å²) in [5.74, 6) is -0.360. The number of methoxy groups -OCH3 is 1. The minimum Gasteiger partial charge on any atom is -0.468 e. The molecule has 1 atom stereocenters. The van der Waals surface area contributed by atoms with E-state index in [9.17, 15) is 4.79 Å². The number of nitrogens with zero attached hydrogens (tertiary/aromatic N) is 1. The Balaban J connectivity index is 3.62. The number of ether oxygens (including phenoxy) is 1. The first-order chi connectivity index (χ1) is 4.22. The number of hydrogen-bond donors (Lipinski definition) is 0. The molecule has 0 aliphatic carbocycles. The number of hydrogen-bond acceptors (Lipinski definition) is 4. The van der Waals surface area contributed by atoms with E-state index in [-0.39, 0.29) is 11.2 Å². The molecule has 0 aromatic carbocycles. The minimum atomic E-state index is -0.375. The van der Waals surface area contributed by atoms with Gasteiger partial charge >= 0.3 is 5.97 Å². The first-order valence-electron chi connectivity index (χ1n) is 2.35. The molecule has 0 aromatic rings. The van der Waals surface area contributed by atoms with Gasteiger partial charge in [0.05, 0.1) is 7.11 Å². The molecule has 4 heteroatoms. The summed E-state index contributed by atoms with van der Waals surface area (Å²) in [4.78, 5) is 10.5. The molecule has 1 unspecified atom stereocenters. The standard InChI is InChI=1S/C5H7NO2S/c1-4(9-3-6)5(7)8-2/h4H,1-2H3. The largest absolute Gasteiger partial charge is 0.468 e. The third-order valence-corrected chi connectivity index (χ3v) is 1.41. The van der Waals surface area contributed by atoms with Gasteiger partial charge < -0.3 is 4.74 Å². The van der Waals surface area contributed by atoms with Crippen LogP contribution < -0.4 is 0 Å². The quantitative estimate of drug-likeness (QED) is 0.425. The summed E-state index contributed by atoms with van der Waals surface area (Å²) in [6.07, 6.45) is 0. The summed E-state index contributed by atoms with van der Waals surface area (Å²) >= 11 is 0.895. The summed E-state index contributed by atoms with van der Waals surface area (Å²) in [7, 11) is 1.30. The van der Waals surface area contributed by atoms with Crippen molar-refractivity contribution < 1.29 is 9.53 Å². The Labute approximate surface area is 58.0 Å². The molecule has 0 saturated heterocycles. The molecule has 3 nitrogen and oxygen atoms in total. The zero-order valence-corrected chi connectivity index (χ0v) is 6.07. The van der Waals surface area contributed by atoms with Gasteiger partial charge in [0, 0.05) is 0 Å². The molecule has 0 saturated carbocycles. The summed E-state index contributed by atoms with van der Waals surface area (Å²) in [6, 6.07) is 0. The van der Waals surface area contributed by atoms with E-state index in [1.54, 1.807) is 12.3 Å². The van der Waals surface area contributed by atoms with Crippen molar-refractivity contribution in [2.24, 2.45) is 0 Å². The molecule has 0 aromatic heterocycles. The predicted octanol–water partition coefficient (Wildman–Crippen LogP) is 0.762. The van der Waals surface area contributed by atoms with Crippen LogP contribution in [0.3, 0.4) is 0 Å². The third kappa shape index (κ3) is 2.98. The van der Waals surface area contributed by atoms with Crippen molar-refractivity contribution in [2.75, 3.05) is 7.11 Å². The van der Waals surface area contributed by atoms with E-state index in [0.29, 0.717) is 0 Å². The van der Waals surface area contributed by atoms with Crippen LogP contribution in [0, 0.1) is 10.7 Å². The Bertz CT molecular complexity index is 140. The molecule has 0 aliphatic heterocycles. The maximum Gasteiger partial charge on any atom is 0.319 e. The highest BCUT2D eigenvalue weighted by Crippen LogP contribution is 2.08. The Morgan fingerprint density at radius 2 is 2.44 bits per heavy atom. The van der Waals surface area contributed by atoms with Crippen molar-refractivity contribution in [2.45, 2.75) is 12.2 Å². The molecule has 0 amide bonds. The van der Waals surface area contributed by atoms with Gasteiger partial charge in [-0.2, -0.15) is 5.26 Å². The average Bonchev–Trinajstić information content (AvgIpc) is 1.87. The van der Waals surface area contributed by atoms with Crippen LogP contribution in [-0.4, -0.2) is 18.3 Å². The van der Waals surface area contributed by atoms with Crippen molar-refractivity contribution in [1.82, 2.24) is 0 Å². The van der Waals surface area contributed by atoms with Crippen LogP contribution >= 0.6 is 11.8 Å². The molecule has 0 radical (unpaired) electrons. The van der Waals surface area contributed by atoms with Crippen LogP contribution in [0.25, 0.3) is 0 Å². The number of esters is 1. The van der Waals surface area contributed by atoms with Gasteiger partial charge in [0.2, 0.25) is 0 Å². The highest BCUT2D eigenvalue weighted by molar-refractivity contribution is 8.04. The van der Waals surface area contributed by atoms with Crippen molar-refractivity contribution >= 4 is 17.7 Å². The molecule has 9 heavy (non-hydrogen) atoms. The Hall–Kier alpha value is -0.690. The normalized spacial score (nSPS) is 11.7. The molecule has 0 N–H and O–H groups in total. The van der Waals surface area contributed by atoms with Crippen LogP contribution in [0.1, 0.15) is 6.92 Å². The smallest absolute Gasteiger partial charge is 0.319 e. The minimum absolute atomic E-state index is 0.360. The number of thiocyanates is 1. The molecule has 0 spiro atoms. The molecule has 0 fully saturated rings. The van der Waals surface area contributed by atoms with Crippen molar-refractivity contribution in [3.63, 3.8) is 0 Å². The van der Waals surface area contributed by atoms with Crippen molar-refractivity contribution in [3.8, 4) is 5.40 Å². The van der Waals surface area contributed by atoms with E-state index in [2.05, 4.69) is 4.74 Å². The number of nitriles is 1. The van der Waals surface area contributed by atoms with Gasteiger partial charge in [-0.25, -0.2) is 0 Å². The monoisotopic (exact) mass is 145 g/mol. The van der Waals surface area contributed by atoms with Gasteiger partial charge in [-0.05, 0) is 18.7 Å². The number of thioether (sulfide) groups is 1. The van der Waals surface area contributed by atoms with Gasteiger partial charge in [0.1, 0.15) is 10.7 Å². The molecule has 50 valence electrons. The van der Waals surface area contributed by atoms with Gasteiger partial charge in [0.15, 0.2) is 0 Å². The highest BCUT2D eigenvalue weighted by Gasteiger charge is 2.12. The van der Waals surface area contributed by atoms with Crippen LogP contribution in [0.5, 0.6) is 0 Å². The maximum atomic E-state index is 10.5. The summed E-state index contributed by atoms with van der Waals surface area (Å²) in [5.41, 5.74) is 0. The maximum absolute atomic E-state index is 10.5. The molecular weight excluding hydrogens is 138 g/mol. The Morgan fingerprint density at radius 1 is 1.89 bits per heavy atom. The predicted molar refractivity (Wildman–Crippen MR) is 34.7 cm³/mol. The summed E-state index contributed by atoms with van der Waals surface area (Å²) in [5, 5.41) is 9.51. The van der Waals surface area contributed by atoms with E-state index in [1.165, 1.54) is 7.11 Å². The van der Waals surface area contributed by atoms with Crippen molar-refractivity contribution in [3.05, 3.63) is 0 Å². The fraction of sp³-hybridized carbons (Fsp3) is 0.600. The van der Waals surface area contributed by atoms with Crippen molar-refractivity contribution in [1.29, 1.82) is 5.26 Å². The zero-order valence-electron chi connectivity index (χ0n) is 5.25. The summed E-state index contributed by atoms with van der Waals surface area (Å²) in [6.45, 7) is 1.62. The fourth-order valence-corrected chi connectivity index (χ4v) is 0.644. The van der Waals surface area contributed by atoms with Crippen LogP contribution in [0.15, 0.2) is 0 Å². The van der Waals surface area contributed by atoms with E-state index in [1.807, 2.05) is 0 Å². The lowest BCUT2D eigenvalue weighted by atomic mass is 10.5. The lowest BCUT2D eigenvalue weighted by Gasteiger charge is -2.00. The van der Waals surface area contributed by atoms with Gasteiger partial charge in [-0.15, -0.1) is 0 Å². The molecular formula is C5H7NO2S. The first kappa shape index (κ1) is 8.31. The second-order valence-corrected chi connectivity index (χ2v) is 2.50. The van der Waals surface area contributed by atoms with Crippen LogP contribution in [-0.2, 0) is 9.53 Å². The molecule has 0 aliphatic rings. The fourth-order valence-electron chi connectivity index (χ4n) is 0.293. The molecule has 0 bridgehead atoms. The van der Waals surface area contributed by atoms with E-state index in [0.717, 1.165) is 11.8 Å². The second kappa shape index (κ2) is 4.21. The van der Waals surface area contributed by atoms with E-state index in [4.69, 9.17) is 5.26 Å². The molecule has 0 rings (SSSR count). The van der Waals surface area contributed by atoms with Gasteiger partial charge in [-0.1, -0.05) is 0 Å². The number of carbonyl (C=O) groups excluding carboxylic acids is 1. The van der Waals surface area contributed by atoms with Gasteiger partial charge in [-0.3, -0.25) is 4.79 Å². The number of rotatable bonds is 2. The zero-order chi connectivity index (χ0) is 7.28. The summed E-state index contributed by atoms with van der Waals surface area (Å²) < 4.78 is 4.35. The lowest BCUT2D eigenvalue weighted by molar-refractivity contribution is -0.139. The molecule has 0 heterocycles. The second-order valence-electron chi connectivity index (χ2n) is 1.37. The SMILES string of the molecule is COC(=O)C(C)SC#N. The van der Waals surface area contributed by atoms with Crippen LogP contribution in [0.2, 0.25) is 0 Å². The van der Waals surface area contributed by atoms with E-state index >= 15 is 0 Å². The van der Waals surface area contributed by atoms with Gasteiger partial charge in [0.25, 0.3) is 0 Å². The third-order valence-electron chi connectivity index (χ3n) is 0.763. The lowest BCUT2D eigenvalue weighted by Crippen LogP contribution is -2.13. The first-order valence-corrected chi connectivity index (χ1v) is 3.23. The van der Waals surface area contributed by atoms with E-state index < -0.39 is 0 Å². The number of carbonyl (C=O) groups is 1. The topological polar surface area (TPSA) is 50.1 Å². The Kier molecular flexibility index (Phi) is 3.89. The highest BCUT2D eigenvalue weighted by atomic mass is 32.2. The Morgan fingerprint density at radius 3 is 2.78 bits per heavy atom.